The van der Waals surface area contributed by atoms with Crippen LogP contribution in [0.2, 0.25) is 0 Å². The summed E-state index contributed by atoms with van der Waals surface area (Å²) in [6.45, 7) is 2.76. The number of benzene rings is 3. The van der Waals surface area contributed by atoms with Gasteiger partial charge in [-0.25, -0.2) is 14.1 Å². The number of fused-ring (bicyclic) bond motifs is 1. The van der Waals surface area contributed by atoms with Crippen LogP contribution in [0.5, 0.6) is 0 Å². The van der Waals surface area contributed by atoms with Crippen LogP contribution in [-0.4, -0.2) is 38.7 Å². The second-order valence-corrected chi connectivity index (χ2v) is 11.1. The SMILES string of the molecule is Cc1cc2c(cnn2-c2ccc(F)cc2)cc1C1(Cc2ccccc2)CCN(C(=O)c2csc(C(F)(F)F)n2)C1. The Morgan fingerprint density at radius 2 is 1.82 bits per heavy atom. The molecule has 6 rings (SSSR count). The zero-order valence-corrected chi connectivity index (χ0v) is 22.3. The molecular weight excluding hydrogens is 540 g/mol. The van der Waals surface area contributed by atoms with Crippen molar-refractivity contribution in [3.8, 4) is 5.69 Å². The van der Waals surface area contributed by atoms with Crippen molar-refractivity contribution in [2.75, 3.05) is 13.1 Å². The third-order valence-electron chi connectivity index (χ3n) is 7.55. The number of nitrogens with zero attached hydrogens (tertiary/aromatic N) is 4. The fourth-order valence-corrected chi connectivity index (χ4v) is 6.36. The van der Waals surface area contributed by atoms with Crippen LogP contribution in [-0.2, 0) is 18.0 Å². The molecule has 2 aromatic heterocycles. The fraction of sp³-hybridized carbons (Fsp3) is 0.233. The predicted molar refractivity (Wildman–Crippen MR) is 145 cm³/mol. The van der Waals surface area contributed by atoms with Crippen LogP contribution in [0, 0.1) is 12.7 Å². The summed E-state index contributed by atoms with van der Waals surface area (Å²) in [6.07, 6.45) is -1.52. The summed E-state index contributed by atoms with van der Waals surface area (Å²) in [4.78, 5) is 18.5. The van der Waals surface area contributed by atoms with Crippen LogP contribution >= 0.6 is 11.3 Å². The van der Waals surface area contributed by atoms with Crippen LogP contribution < -0.4 is 0 Å². The summed E-state index contributed by atoms with van der Waals surface area (Å²) in [6, 6.07) is 20.2. The van der Waals surface area contributed by atoms with E-state index in [4.69, 9.17) is 0 Å². The lowest BCUT2D eigenvalue weighted by molar-refractivity contribution is -0.137. The Kier molecular flexibility index (Phi) is 6.45. The summed E-state index contributed by atoms with van der Waals surface area (Å²) in [5.74, 6) is -0.821. The maximum absolute atomic E-state index is 13.5. The van der Waals surface area contributed by atoms with Crippen molar-refractivity contribution in [3.05, 3.63) is 112 Å². The Morgan fingerprint density at radius 3 is 2.52 bits per heavy atom. The third kappa shape index (κ3) is 4.77. The van der Waals surface area contributed by atoms with E-state index in [1.807, 2.05) is 43.3 Å². The topological polar surface area (TPSA) is 51.0 Å². The first-order valence-corrected chi connectivity index (χ1v) is 13.6. The number of carbonyl (C=O) groups excluding carboxylic acids is 1. The maximum atomic E-state index is 13.5. The largest absolute Gasteiger partial charge is 0.443 e. The highest BCUT2D eigenvalue weighted by Gasteiger charge is 2.43. The number of aryl methyl sites for hydroxylation is 1. The summed E-state index contributed by atoms with van der Waals surface area (Å²) in [7, 11) is 0. The van der Waals surface area contributed by atoms with Gasteiger partial charge in [-0.15, -0.1) is 11.3 Å². The molecule has 0 bridgehead atoms. The molecule has 1 saturated heterocycles. The molecule has 1 unspecified atom stereocenters. The van der Waals surface area contributed by atoms with Gasteiger partial charge in [0.2, 0.25) is 0 Å². The van der Waals surface area contributed by atoms with Crippen LogP contribution in [0.15, 0.2) is 78.3 Å². The molecule has 1 aliphatic heterocycles. The number of hydrogen-bond acceptors (Lipinski definition) is 4. The van der Waals surface area contributed by atoms with Crippen LogP contribution in [0.25, 0.3) is 16.6 Å². The van der Waals surface area contributed by atoms with Crippen LogP contribution in [0.3, 0.4) is 0 Å². The van der Waals surface area contributed by atoms with Crippen molar-refractivity contribution in [1.29, 1.82) is 0 Å². The molecule has 1 aliphatic rings. The number of likely N-dealkylation sites (tertiary alicyclic amines) is 1. The molecule has 204 valence electrons. The molecule has 0 N–H and O–H groups in total. The van der Waals surface area contributed by atoms with Crippen molar-refractivity contribution in [2.45, 2.75) is 31.4 Å². The van der Waals surface area contributed by atoms with Gasteiger partial charge >= 0.3 is 6.18 Å². The average molecular weight is 565 g/mol. The van der Waals surface area contributed by atoms with E-state index >= 15 is 0 Å². The van der Waals surface area contributed by atoms with Gasteiger partial charge in [-0.05, 0) is 72.9 Å². The second kappa shape index (κ2) is 9.85. The Balaban J connectivity index is 1.38. The Hall–Kier alpha value is -4.05. The van der Waals surface area contributed by atoms with Gasteiger partial charge in [0.1, 0.15) is 11.5 Å². The molecule has 0 saturated carbocycles. The number of rotatable bonds is 5. The summed E-state index contributed by atoms with van der Waals surface area (Å²) in [5, 5.41) is 5.61. The molecule has 5 nitrogen and oxygen atoms in total. The van der Waals surface area contributed by atoms with E-state index in [-0.39, 0.29) is 11.5 Å². The normalized spacial score (nSPS) is 17.6. The maximum Gasteiger partial charge on any atom is 0.443 e. The van der Waals surface area contributed by atoms with Gasteiger partial charge in [0.25, 0.3) is 5.91 Å². The van der Waals surface area contributed by atoms with Crippen molar-refractivity contribution in [1.82, 2.24) is 19.7 Å². The number of hydrogen-bond donors (Lipinski definition) is 0. The molecule has 0 radical (unpaired) electrons. The first-order valence-electron chi connectivity index (χ1n) is 12.7. The molecular formula is C30H24F4N4OS. The molecule has 0 aliphatic carbocycles. The minimum absolute atomic E-state index is 0.180. The van der Waals surface area contributed by atoms with E-state index in [9.17, 15) is 22.4 Å². The first kappa shape index (κ1) is 26.2. The number of aromatic nitrogens is 3. The highest BCUT2D eigenvalue weighted by molar-refractivity contribution is 7.10. The quantitative estimate of drug-likeness (QED) is 0.217. The third-order valence-corrected chi connectivity index (χ3v) is 8.44. The van der Waals surface area contributed by atoms with E-state index in [1.54, 1.807) is 27.9 Å². The molecule has 1 amide bonds. The smallest absolute Gasteiger partial charge is 0.336 e. The zero-order valence-electron chi connectivity index (χ0n) is 21.5. The van der Waals surface area contributed by atoms with E-state index in [2.05, 4.69) is 16.1 Å². The Morgan fingerprint density at radius 1 is 1.07 bits per heavy atom. The van der Waals surface area contributed by atoms with Gasteiger partial charge in [-0.3, -0.25) is 4.79 Å². The number of carbonyl (C=O) groups is 1. The molecule has 1 fully saturated rings. The van der Waals surface area contributed by atoms with Crippen molar-refractivity contribution < 1.29 is 22.4 Å². The van der Waals surface area contributed by atoms with Crippen molar-refractivity contribution in [3.63, 3.8) is 0 Å². The van der Waals surface area contributed by atoms with E-state index in [0.29, 0.717) is 37.3 Å². The molecule has 0 spiro atoms. The second-order valence-electron chi connectivity index (χ2n) is 10.2. The van der Waals surface area contributed by atoms with E-state index in [1.165, 1.54) is 17.5 Å². The molecule has 10 heteroatoms. The van der Waals surface area contributed by atoms with Gasteiger partial charge in [0, 0.05) is 29.3 Å². The number of amides is 1. The van der Waals surface area contributed by atoms with Crippen LogP contribution in [0.4, 0.5) is 17.6 Å². The highest BCUT2D eigenvalue weighted by Crippen LogP contribution is 2.42. The zero-order chi connectivity index (χ0) is 28.1. The fourth-order valence-electron chi connectivity index (χ4n) is 5.69. The van der Waals surface area contributed by atoms with Gasteiger partial charge in [-0.2, -0.15) is 18.3 Å². The standard InChI is InChI=1S/C30H24F4N4OS/c1-19-13-26-21(16-35-38(26)23-9-7-22(31)8-10-23)14-24(19)29(15-20-5-3-2-4-6-20)11-12-37(18-29)27(39)25-17-40-28(36-25)30(32,33)34/h2-10,13-14,16-17H,11-12,15,18H2,1H3. The highest BCUT2D eigenvalue weighted by atomic mass is 32.1. The Labute approximate surface area is 231 Å². The summed E-state index contributed by atoms with van der Waals surface area (Å²) < 4.78 is 54.6. The van der Waals surface area contributed by atoms with Crippen molar-refractivity contribution >= 4 is 28.1 Å². The first-order chi connectivity index (χ1) is 19.1. The molecule has 1 atom stereocenters. The van der Waals surface area contributed by atoms with E-state index < -0.39 is 22.5 Å². The number of thiazole rings is 1. The molecule has 40 heavy (non-hydrogen) atoms. The minimum Gasteiger partial charge on any atom is -0.336 e. The van der Waals surface area contributed by atoms with Gasteiger partial charge in [0.05, 0.1) is 17.4 Å². The van der Waals surface area contributed by atoms with E-state index in [0.717, 1.165) is 33.3 Å². The monoisotopic (exact) mass is 564 g/mol. The number of alkyl halides is 3. The van der Waals surface area contributed by atoms with Crippen molar-refractivity contribution in [2.24, 2.45) is 0 Å². The predicted octanol–water partition coefficient (Wildman–Crippen LogP) is 6.97. The van der Waals surface area contributed by atoms with Gasteiger partial charge < -0.3 is 4.90 Å². The molecule has 3 heterocycles. The lowest BCUT2D eigenvalue weighted by Gasteiger charge is -2.32. The lowest BCUT2D eigenvalue weighted by Crippen LogP contribution is -2.36. The minimum atomic E-state index is -4.59. The average Bonchev–Trinajstić information content (AvgIpc) is 3.68. The molecule has 3 aromatic carbocycles. The number of halogens is 4. The molecule has 5 aromatic rings. The van der Waals surface area contributed by atoms with Gasteiger partial charge in [-0.1, -0.05) is 30.3 Å². The summed E-state index contributed by atoms with van der Waals surface area (Å²) in [5.41, 5.74) is 4.14. The summed E-state index contributed by atoms with van der Waals surface area (Å²) >= 11 is 0.434. The van der Waals surface area contributed by atoms with Crippen LogP contribution in [0.1, 0.15) is 38.6 Å². The van der Waals surface area contributed by atoms with Gasteiger partial charge in [0.15, 0.2) is 5.01 Å². The lowest BCUT2D eigenvalue weighted by atomic mass is 9.73. The Bertz CT molecular complexity index is 1690.